The van der Waals surface area contributed by atoms with E-state index >= 15 is 0 Å². The number of nitrogens with zero attached hydrogens (tertiary/aromatic N) is 1. The molecule has 1 aromatic heterocycles. The fourth-order valence-corrected chi connectivity index (χ4v) is 2.71. The lowest BCUT2D eigenvalue weighted by molar-refractivity contribution is 0.466. The van der Waals surface area contributed by atoms with Gasteiger partial charge < -0.3 is 5.32 Å². The molecule has 1 N–H and O–H groups in total. The standard InChI is InChI=1S/C13H17BrN2/c1-9-6-12(15-7-11(9)14)16-8-13(4-5-13)10-2-3-10/h6-7,10H,2-5,8H2,1H3,(H,15,16). The van der Waals surface area contributed by atoms with Gasteiger partial charge >= 0.3 is 0 Å². The van der Waals surface area contributed by atoms with Gasteiger partial charge in [0.15, 0.2) is 0 Å². The zero-order chi connectivity index (χ0) is 11.2. The van der Waals surface area contributed by atoms with E-state index in [1.807, 2.05) is 6.20 Å². The first-order chi connectivity index (χ1) is 7.70. The van der Waals surface area contributed by atoms with Crippen molar-refractivity contribution in [1.82, 2.24) is 4.98 Å². The van der Waals surface area contributed by atoms with Gasteiger partial charge in [0.05, 0.1) is 0 Å². The van der Waals surface area contributed by atoms with Gasteiger partial charge in [-0.15, -0.1) is 0 Å². The van der Waals surface area contributed by atoms with Crippen LogP contribution in [-0.4, -0.2) is 11.5 Å². The van der Waals surface area contributed by atoms with Gasteiger partial charge in [0.25, 0.3) is 0 Å². The molecule has 2 nitrogen and oxygen atoms in total. The summed E-state index contributed by atoms with van der Waals surface area (Å²) in [6.45, 7) is 3.22. The van der Waals surface area contributed by atoms with Gasteiger partial charge in [0, 0.05) is 17.2 Å². The topological polar surface area (TPSA) is 24.9 Å². The van der Waals surface area contributed by atoms with Gasteiger partial charge in [0.1, 0.15) is 5.82 Å². The largest absolute Gasteiger partial charge is 0.369 e. The molecule has 0 atom stereocenters. The highest BCUT2D eigenvalue weighted by Crippen LogP contribution is 2.61. The monoisotopic (exact) mass is 280 g/mol. The Hall–Kier alpha value is -0.570. The minimum absolute atomic E-state index is 0.642. The Kier molecular flexibility index (Phi) is 2.46. The van der Waals surface area contributed by atoms with Crippen LogP contribution in [0.1, 0.15) is 31.2 Å². The molecular formula is C13H17BrN2. The molecule has 0 aromatic carbocycles. The van der Waals surface area contributed by atoms with E-state index in [0.29, 0.717) is 5.41 Å². The summed E-state index contributed by atoms with van der Waals surface area (Å²) in [5, 5.41) is 3.50. The van der Waals surface area contributed by atoms with Crippen LogP contribution in [0.4, 0.5) is 5.82 Å². The van der Waals surface area contributed by atoms with Crippen LogP contribution in [0.3, 0.4) is 0 Å². The van der Waals surface area contributed by atoms with E-state index in [2.05, 4.69) is 39.2 Å². The first kappa shape index (κ1) is 10.6. The molecule has 2 fully saturated rings. The van der Waals surface area contributed by atoms with E-state index in [4.69, 9.17) is 0 Å². The van der Waals surface area contributed by atoms with Crippen molar-refractivity contribution < 1.29 is 0 Å². The molecule has 0 unspecified atom stereocenters. The molecule has 3 rings (SSSR count). The lowest BCUT2D eigenvalue weighted by atomic mass is 10.0. The summed E-state index contributed by atoms with van der Waals surface area (Å²) in [4.78, 5) is 4.39. The highest BCUT2D eigenvalue weighted by Gasteiger charge is 2.53. The van der Waals surface area contributed by atoms with Gasteiger partial charge in [-0.05, 0) is 71.5 Å². The molecule has 0 amide bonds. The average molecular weight is 281 g/mol. The van der Waals surface area contributed by atoms with Crippen LogP contribution >= 0.6 is 15.9 Å². The maximum absolute atomic E-state index is 4.39. The van der Waals surface area contributed by atoms with Crippen molar-refractivity contribution in [2.24, 2.45) is 11.3 Å². The van der Waals surface area contributed by atoms with Crippen molar-refractivity contribution in [3.05, 3.63) is 22.3 Å². The third-order valence-electron chi connectivity index (χ3n) is 4.00. The number of aryl methyl sites for hydroxylation is 1. The molecule has 0 radical (unpaired) electrons. The Morgan fingerprint density at radius 1 is 1.50 bits per heavy atom. The van der Waals surface area contributed by atoms with E-state index in [9.17, 15) is 0 Å². The SMILES string of the molecule is Cc1cc(NCC2(C3CC3)CC2)ncc1Br. The van der Waals surface area contributed by atoms with Crippen molar-refractivity contribution >= 4 is 21.7 Å². The normalized spacial score (nSPS) is 21.9. The van der Waals surface area contributed by atoms with Gasteiger partial charge in [-0.25, -0.2) is 4.98 Å². The van der Waals surface area contributed by atoms with E-state index in [1.54, 1.807) is 0 Å². The Bertz CT molecular complexity index is 408. The fourth-order valence-electron chi connectivity index (χ4n) is 2.49. The van der Waals surface area contributed by atoms with Gasteiger partial charge in [-0.2, -0.15) is 0 Å². The van der Waals surface area contributed by atoms with Crippen molar-refractivity contribution in [2.45, 2.75) is 32.6 Å². The summed E-state index contributed by atoms with van der Waals surface area (Å²) >= 11 is 3.48. The first-order valence-corrected chi connectivity index (χ1v) is 6.85. The van der Waals surface area contributed by atoms with Crippen LogP contribution < -0.4 is 5.32 Å². The van der Waals surface area contributed by atoms with Crippen LogP contribution in [0.5, 0.6) is 0 Å². The van der Waals surface area contributed by atoms with Crippen LogP contribution in [-0.2, 0) is 0 Å². The summed E-state index contributed by atoms with van der Waals surface area (Å²) < 4.78 is 1.08. The van der Waals surface area contributed by atoms with Crippen LogP contribution in [0.15, 0.2) is 16.7 Å². The molecule has 86 valence electrons. The zero-order valence-electron chi connectivity index (χ0n) is 9.59. The average Bonchev–Trinajstić information content (AvgIpc) is 3.13. The number of anilines is 1. The van der Waals surface area contributed by atoms with Crippen molar-refractivity contribution in [3.8, 4) is 0 Å². The number of pyridine rings is 1. The smallest absolute Gasteiger partial charge is 0.126 e. The van der Waals surface area contributed by atoms with Gasteiger partial charge in [-0.3, -0.25) is 0 Å². The van der Waals surface area contributed by atoms with Gasteiger partial charge in [-0.1, -0.05) is 0 Å². The van der Waals surface area contributed by atoms with E-state index < -0.39 is 0 Å². The Morgan fingerprint density at radius 3 is 2.81 bits per heavy atom. The van der Waals surface area contributed by atoms with Crippen molar-refractivity contribution in [2.75, 3.05) is 11.9 Å². The zero-order valence-corrected chi connectivity index (χ0v) is 11.2. The number of aromatic nitrogens is 1. The molecule has 2 aliphatic carbocycles. The predicted molar refractivity (Wildman–Crippen MR) is 69.6 cm³/mol. The second-order valence-electron chi connectivity index (χ2n) is 5.31. The summed E-state index contributed by atoms with van der Waals surface area (Å²) in [5.74, 6) is 2.03. The molecule has 2 saturated carbocycles. The highest BCUT2D eigenvalue weighted by atomic mass is 79.9. The van der Waals surface area contributed by atoms with Crippen molar-refractivity contribution in [1.29, 1.82) is 0 Å². The molecule has 3 heteroatoms. The molecule has 0 aliphatic heterocycles. The highest BCUT2D eigenvalue weighted by molar-refractivity contribution is 9.10. The lowest BCUT2D eigenvalue weighted by Crippen LogP contribution is -2.17. The lowest BCUT2D eigenvalue weighted by Gasteiger charge is -2.15. The maximum atomic E-state index is 4.39. The Morgan fingerprint density at radius 2 is 2.25 bits per heavy atom. The predicted octanol–water partition coefficient (Wildman–Crippen LogP) is 3.75. The van der Waals surface area contributed by atoms with Gasteiger partial charge in [0.2, 0.25) is 0 Å². The van der Waals surface area contributed by atoms with E-state index in [0.717, 1.165) is 22.8 Å². The second-order valence-corrected chi connectivity index (χ2v) is 6.16. The molecule has 0 bridgehead atoms. The van der Waals surface area contributed by atoms with E-state index in [-0.39, 0.29) is 0 Å². The minimum atomic E-state index is 0.642. The Balaban J connectivity index is 1.63. The molecule has 0 spiro atoms. The Labute approximate surface area is 105 Å². The molecule has 0 saturated heterocycles. The molecule has 2 aliphatic rings. The number of nitrogens with one attached hydrogen (secondary N) is 1. The summed E-state index contributed by atoms with van der Waals surface area (Å²) in [6.07, 6.45) is 7.62. The number of hydrogen-bond donors (Lipinski definition) is 1. The maximum Gasteiger partial charge on any atom is 0.126 e. The summed E-state index contributed by atoms with van der Waals surface area (Å²) in [6, 6.07) is 2.12. The minimum Gasteiger partial charge on any atom is -0.369 e. The summed E-state index contributed by atoms with van der Waals surface area (Å²) in [7, 11) is 0. The fraction of sp³-hybridized carbons (Fsp3) is 0.615. The number of hydrogen-bond acceptors (Lipinski definition) is 2. The summed E-state index contributed by atoms with van der Waals surface area (Å²) in [5.41, 5.74) is 1.89. The molecule has 1 aromatic rings. The quantitative estimate of drug-likeness (QED) is 0.909. The second kappa shape index (κ2) is 3.73. The van der Waals surface area contributed by atoms with Crippen LogP contribution in [0.2, 0.25) is 0 Å². The van der Waals surface area contributed by atoms with Crippen LogP contribution in [0, 0.1) is 18.3 Å². The van der Waals surface area contributed by atoms with Crippen LogP contribution in [0.25, 0.3) is 0 Å². The first-order valence-electron chi connectivity index (χ1n) is 6.06. The number of halogens is 1. The number of rotatable bonds is 4. The third kappa shape index (κ3) is 1.97. The third-order valence-corrected chi connectivity index (χ3v) is 4.83. The molecule has 1 heterocycles. The molecule has 16 heavy (non-hydrogen) atoms. The van der Waals surface area contributed by atoms with Crippen molar-refractivity contribution in [3.63, 3.8) is 0 Å². The molecular weight excluding hydrogens is 264 g/mol. The van der Waals surface area contributed by atoms with E-state index in [1.165, 1.54) is 31.2 Å².